The van der Waals surface area contributed by atoms with Gasteiger partial charge in [-0.05, 0) is 43.2 Å². The Bertz CT molecular complexity index is 595. The summed E-state index contributed by atoms with van der Waals surface area (Å²) in [6, 6.07) is 10.9. The molecule has 0 saturated heterocycles. The summed E-state index contributed by atoms with van der Waals surface area (Å²) in [5.41, 5.74) is 2.43. The molecule has 0 atom stereocenters. The Hall–Kier alpha value is -1.55. The van der Waals surface area contributed by atoms with E-state index in [4.69, 9.17) is 4.74 Å². The minimum Gasteiger partial charge on any atom is -0.493 e. The maximum Gasteiger partial charge on any atom is 0.146 e. The van der Waals surface area contributed by atoms with Crippen LogP contribution in [0.1, 0.15) is 24.5 Å². The minimum atomic E-state index is -0.235. The average Bonchev–Trinajstić information content (AvgIpc) is 2.46. The van der Waals surface area contributed by atoms with Gasteiger partial charge in [-0.25, -0.2) is 4.39 Å². The number of ether oxygens (including phenoxy) is 1. The number of benzene rings is 2. The third-order valence-corrected chi connectivity index (χ3v) is 3.66. The Balaban J connectivity index is 2.17. The molecule has 2 aromatic rings. The summed E-state index contributed by atoms with van der Waals surface area (Å²) in [6.07, 6.45) is 0.954. The van der Waals surface area contributed by atoms with Crippen LogP contribution in [0.3, 0.4) is 0 Å². The molecule has 2 rings (SSSR count). The van der Waals surface area contributed by atoms with Crippen LogP contribution < -0.4 is 10.1 Å². The molecule has 1 N–H and O–H groups in total. The molecular formula is C17H19BrFNO. The van der Waals surface area contributed by atoms with Crippen LogP contribution in [-0.4, -0.2) is 6.61 Å². The molecule has 0 unspecified atom stereocenters. The van der Waals surface area contributed by atoms with E-state index in [-0.39, 0.29) is 5.82 Å². The maximum atomic E-state index is 13.8. The first-order chi connectivity index (χ1) is 10.1. The highest BCUT2D eigenvalue weighted by Gasteiger charge is 2.08. The first-order valence-corrected chi connectivity index (χ1v) is 7.81. The molecule has 21 heavy (non-hydrogen) atoms. The van der Waals surface area contributed by atoms with E-state index in [9.17, 15) is 4.39 Å². The van der Waals surface area contributed by atoms with Crippen LogP contribution in [0.2, 0.25) is 0 Å². The summed E-state index contributed by atoms with van der Waals surface area (Å²) in [5, 5.41) is 3.17. The molecule has 0 aliphatic rings. The van der Waals surface area contributed by atoms with Crippen molar-refractivity contribution in [3.63, 3.8) is 0 Å². The number of anilines is 1. The van der Waals surface area contributed by atoms with Gasteiger partial charge in [0.2, 0.25) is 0 Å². The fourth-order valence-corrected chi connectivity index (χ4v) is 2.49. The highest BCUT2D eigenvalue weighted by molar-refractivity contribution is 9.10. The second-order valence-corrected chi connectivity index (χ2v) is 5.80. The normalized spacial score (nSPS) is 10.5. The van der Waals surface area contributed by atoms with Gasteiger partial charge in [0, 0.05) is 16.6 Å². The zero-order valence-electron chi connectivity index (χ0n) is 12.2. The standard InChI is InChI=1S/C17H19BrFNO/c1-3-9-21-16-8-7-14(18)10-13(16)11-20-17-12(2)5-4-6-15(17)19/h4-8,10,20H,3,9,11H2,1-2H3. The second-order valence-electron chi connectivity index (χ2n) is 4.89. The maximum absolute atomic E-state index is 13.8. The zero-order chi connectivity index (χ0) is 15.2. The van der Waals surface area contributed by atoms with E-state index in [0.29, 0.717) is 18.8 Å². The van der Waals surface area contributed by atoms with Crippen LogP contribution in [0.4, 0.5) is 10.1 Å². The molecule has 0 aliphatic heterocycles. The van der Waals surface area contributed by atoms with Gasteiger partial charge < -0.3 is 10.1 Å². The SMILES string of the molecule is CCCOc1ccc(Br)cc1CNc1c(C)cccc1F. The smallest absolute Gasteiger partial charge is 0.146 e. The van der Waals surface area contributed by atoms with Crippen molar-refractivity contribution in [2.24, 2.45) is 0 Å². The monoisotopic (exact) mass is 351 g/mol. The quantitative estimate of drug-likeness (QED) is 0.762. The third kappa shape index (κ3) is 4.21. The summed E-state index contributed by atoms with van der Waals surface area (Å²) < 4.78 is 20.5. The number of hydrogen-bond acceptors (Lipinski definition) is 2. The highest BCUT2D eigenvalue weighted by Crippen LogP contribution is 2.26. The molecule has 0 aliphatic carbocycles. The summed E-state index contributed by atoms with van der Waals surface area (Å²) in [7, 11) is 0. The molecular weight excluding hydrogens is 333 g/mol. The third-order valence-electron chi connectivity index (χ3n) is 3.16. The molecule has 0 radical (unpaired) electrons. The number of hydrogen-bond donors (Lipinski definition) is 1. The number of nitrogens with one attached hydrogen (secondary N) is 1. The fourth-order valence-electron chi connectivity index (χ4n) is 2.08. The Kier molecular flexibility index (Phi) is 5.62. The van der Waals surface area contributed by atoms with Crippen LogP contribution in [0.25, 0.3) is 0 Å². The van der Waals surface area contributed by atoms with Gasteiger partial charge in [-0.3, -0.25) is 0 Å². The molecule has 0 bridgehead atoms. The van der Waals surface area contributed by atoms with Gasteiger partial charge >= 0.3 is 0 Å². The second kappa shape index (κ2) is 7.46. The Labute approximate surface area is 133 Å². The van der Waals surface area contributed by atoms with E-state index in [1.165, 1.54) is 6.07 Å². The molecule has 0 spiro atoms. The Morgan fingerprint density at radius 1 is 1.24 bits per heavy atom. The summed E-state index contributed by atoms with van der Waals surface area (Å²) in [6.45, 7) is 5.15. The first-order valence-electron chi connectivity index (χ1n) is 7.02. The average molecular weight is 352 g/mol. The van der Waals surface area contributed by atoms with E-state index in [1.807, 2.05) is 31.2 Å². The molecule has 0 saturated carbocycles. The summed E-state index contributed by atoms with van der Waals surface area (Å²) in [4.78, 5) is 0. The predicted molar refractivity (Wildman–Crippen MR) is 88.4 cm³/mol. The summed E-state index contributed by atoms with van der Waals surface area (Å²) in [5.74, 6) is 0.600. The lowest BCUT2D eigenvalue weighted by Gasteiger charge is -2.14. The van der Waals surface area contributed by atoms with Crippen LogP contribution in [0.5, 0.6) is 5.75 Å². The molecule has 2 aromatic carbocycles. The molecule has 0 aromatic heterocycles. The van der Waals surface area contributed by atoms with Crippen molar-refractivity contribution in [2.75, 3.05) is 11.9 Å². The van der Waals surface area contributed by atoms with Crippen LogP contribution >= 0.6 is 15.9 Å². The molecule has 0 fully saturated rings. The molecule has 0 heterocycles. The lowest BCUT2D eigenvalue weighted by atomic mass is 10.1. The van der Waals surface area contributed by atoms with Gasteiger partial charge in [0.15, 0.2) is 0 Å². The lowest BCUT2D eigenvalue weighted by Crippen LogP contribution is -2.06. The number of halogens is 2. The number of aryl methyl sites for hydroxylation is 1. The molecule has 0 amide bonds. The van der Waals surface area contributed by atoms with Gasteiger partial charge in [0.1, 0.15) is 11.6 Å². The van der Waals surface area contributed by atoms with E-state index >= 15 is 0 Å². The Morgan fingerprint density at radius 2 is 2.05 bits per heavy atom. The van der Waals surface area contributed by atoms with E-state index in [0.717, 1.165) is 27.8 Å². The van der Waals surface area contributed by atoms with Crippen molar-refractivity contribution in [3.8, 4) is 5.75 Å². The van der Waals surface area contributed by atoms with Crippen molar-refractivity contribution in [3.05, 3.63) is 57.8 Å². The van der Waals surface area contributed by atoms with E-state index in [1.54, 1.807) is 6.07 Å². The van der Waals surface area contributed by atoms with Crippen molar-refractivity contribution >= 4 is 21.6 Å². The van der Waals surface area contributed by atoms with E-state index < -0.39 is 0 Å². The van der Waals surface area contributed by atoms with Crippen molar-refractivity contribution in [1.82, 2.24) is 0 Å². The van der Waals surface area contributed by atoms with Gasteiger partial charge in [-0.1, -0.05) is 35.0 Å². The summed E-state index contributed by atoms with van der Waals surface area (Å²) >= 11 is 3.46. The fraction of sp³-hybridized carbons (Fsp3) is 0.294. The van der Waals surface area contributed by atoms with Gasteiger partial charge in [0.25, 0.3) is 0 Å². The predicted octanol–water partition coefficient (Wildman–Crippen LogP) is 5.30. The van der Waals surface area contributed by atoms with Gasteiger partial charge in [0.05, 0.1) is 12.3 Å². The highest BCUT2D eigenvalue weighted by atomic mass is 79.9. The molecule has 2 nitrogen and oxygen atoms in total. The van der Waals surface area contributed by atoms with E-state index in [2.05, 4.69) is 28.2 Å². The van der Waals surface area contributed by atoms with Crippen molar-refractivity contribution in [2.45, 2.75) is 26.8 Å². The molecule has 4 heteroatoms. The number of para-hydroxylation sites is 1. The first kappa shape index (κ1) is 15.8. The van der Waals surface area contributed by atoms with Crippen molar-refractivity contribution in [1.29, 1.82) is 0 Å². The molecule has 112 valence electrons. The minimum absolute atomic E-state index is 0.235. The van der Waals surface area contributed by atoms with Crippen LogP contribution in [0, 0.1) is 12.7 Å². The Morgan fingerprint density at radius 3 is 2.76 bits per heavy atom. The van der Waals surface area contributed by atoms with Crippen LogP contribution in [0.15, 0.2) is 40.9 Å². The van der Waals surface area contributed by atoms with Crippen LogP contribution in [-0.2, 0) is 6.54 Å². The topological polar surface area (TPSA) is 21.3 Å². The zero-order valence-corrected chi connectivity index (χ0v) is 13.8. The van der Waals surface area contributed by atoms with Gasteiger partial charge in [-0.15, -0.1) is 0 Å². The van der Waals surface area contributed by atoms with Crippen molar-refractivity contribution < 1.29 is 9.13 Å². The number of rotatable bonds is 6. The lowest BCUT2D eigenvalue weighted by molar-refractivity contribution is 0.314. The van der Waals surface area contributed by atoms with Gasteiger partial charge in [-0.2, -0.15) is 0 Å². The largest absolute Gasteiger partial charge is 0.493 e.